The Bertz CT molecular complexity index is 107. The van der Waals surface area contributed by atoms with Crippen LogP contribution in [0.2, 0.25) is 6.04 Å². The maximum Gasteiger partial charge on any atom is 0.229 e. The summed E-state index contributed by atoms with van der Waals surface area (Å²) < 4.78 is 10.3. The minimum Gasteiger partial charge on any atom is -0.421 e. The highest BCUT2D eigenvalue weighted by Gasteiger charge is 2.08. The Hall–Kier alpha value is 0.0969. The summed E-state index contributed by atoms with van der Waals surface area (Å²) in [5.74, 6) is 0. The van der Waals surface area contributed by atoms with Gasteiger partial charge in [0.05, 0.1) is 13.2 Å². The van der Waals surface area contributed by atoms with Gasteiger partial charge in [-0.3, -0.25) is 4.90 Å². The molecule has 0 spiro atoms. The molecule has 1 rings (SSSR count). The standard InChI is InChI=1S/C8H17NO2Si/c1-10-12-8-2-3-9-4-6-11-7-5-9/h2-8H2,1H3. The predicted octanol–water partition coefficient (Wildman–Crippen LogP) is 0.393. The summed E-state index contributed by atoms with van der Waals surface area (Å²) in [6.07, 6.45) is 1.26. The van der Waals surface area contributed by atoms with Crippen LogP contribution in [-0.2, 0) is 9.16 Å². The number of nitrogens with zero attached hydrogens (tertiary/aromatic N) is 1. The topological polar surface area (TPSA) is 21.7 Å². The third kappa shape index (κ3) is 4.20. The van der Waals surface area contributed by atoms with E-state index in [4.69, 9.17) is 9.16 Å². The molecule has 2 radical (unpaired) electrons. The van der Waals surface area contributed by atoms with Crippen molar-refractivity contribution in [1.29, 1.82) is 0 Å². The van der Waals surface area contributed by atoms with Crippen LogP contribution in [0, 0.1) is 0 Å². The normalized spacial score (nSPS) is 19.8. The Labute approximate surface area is 77.0 Å². The van der Waals surface area contributed by atoms with Gasteiger partial charge < -0.3 is 9.16 Å². The van der Waals surface area contributed by atoms with E-state index in [0.29, 0.717) is 9.76 Å². The highest BCUT2D eigenvalue weighted by molar-refractivity contribution is 6.26. The van der Waals surface area contributed by atoms with E-state index in [2.05, 4.69) is 4.90 Å². The van der Waals surface area contributed by atoms with Crippen LogP contribution in [0.5, 0.6) is 0 Å². The highest BCUT2D eigenvalue weighted by atomic mass is 28.2. The summed E-state index contributed by atoms with van der Waals surface area (Å²) in [6.45, 7) is 5.24. The molecule has 0 aliphatic carbocycles. The molecule has 0 N–H and O–H groups in total. The molecule has 0 unspecified atom stereocenters. The van der Waals surface area contributed by atoms with Gasteiger partial charge in [0.2, 0.25) is 9.76 Å². The van der Waals surface area contributed by atoms with Crippen LogP contribution in [-0.4, -0.2) is 54.6 Å². The van der Waals surface area contributed by atoms with E-state index in [0.717, 1.165) is 26.3 Å². The van der Waals surface area contributed by atoms with Crippen molar-refractivity contribution in [1.82, 2.24) is 4.90 Å². The average molecular weight is 187 g/mol. The van der Waals surface area contributed by atoms with Crippen LogP contribution >= 0.6 is 0 Å². The molecule has 12 heavy (non-hydrogen) atoms. The maximum absolute atomic E-state index is 5.26. The monoisotopic (exact) mass is 187 g/mol. The molecule has 1 fully saturated rings. The van der Waals surface area contributed by atoms with Gasteiger partial charge in [0, 0.05) is 20.2 Å². The Morgan fingerprint density at radius 1 is 1.42 bits per heavy atom. The fourth-order valence-electron chi connectivity index (χ4n) is 1.30. The zero-order valence-corrected chi connectivity index (χ0v) is 8.71. The maximum atomic E-state index is 5.26. The van der Waals surface area contributed by atoms with Crippen LogP contribution in [0.15, 0.2) is 0 Å². The molecule has 0 aromatic heterocycles. The molecule has 1 saturated heterocycles. The largest absolute Gasteiger partial charge is 0.421 e. The van der Waals surface area contributed by atoms with E-state index >= 15 is 0 Å². The Balaban J connectivity index is 1.91. The van der Waals surface area contributed by atoms with E-state index in [1.54, 1.807) is 7.11 Å². The van der Waals surface area contributed by atoms with Gasteiger partial charge in [-0.05, 0) is 19.0 Å². The van der Waals surface area contributed by atoms with Crippen molar-refractivity contribution >= 4 is 9.76 Å². The predicted molar refractivity (Wildman–Crippen MR) is 49.4 cm³/mol. The first-order chi connectivity index (χ1) is 5.93. The molecule has 0 amide bonds. The first-order valence-electron chi connectivity index (χ1n) is 4.49. The van der Waals surface area contributed by atoms with E-state index in [-0.39, 0.29) is 0 Å². The molecular formula is C8H17NO2Si. The van der Waals surface area contributed by atoms with Crippen molar-refractivity contribution in [3.8, 4) is 0 Å². The van der Waals surface area contributed by atoms with Crippen molar-refractivity contribution in [2.75, 3.05) is 40.0 Å². The third-order valence-electron chi connectivity index (χ3n) is 2.00. The summed E-state index contributed by atoms with van der Waals surface area (Å²) in [4.78, 5) is 2.46. The van der Waals surface area contributed by atoms with Gasteiger partial charge in [-0.2, -0.15) is 0 Å². The van der Waals surface area contributed by atoms with Gasteiger partial charge in [-0.15, -0.1) is 0 Å². The molecule has 1 aliphatic heterocycles. The number of ether oxygens (including phenoxy) is 1. The van der Waals surface area contributed by atoms with Gasteiger partial charge in [0.15, 0.2) is 0 Å². The minimum absolute atomic E-state index is 0.678. The van der Waals surface area contributed by atoms with E-state index in [9.17, 15) is 0 Å². The van der Waals surface area contributed by atoms with E-state index < -0.39 is 0 Å². The van der Waals surface area contributed by atoms with Gasteiger partial charge in [-0.25, -0.2) is 0 Å². The van der Waals surface area contributed by atoms with Gasteiger partial charge in [-0.1, -0.05) is 0 Å². The Kier molecular flexibility index (Phi) is 5.59. The summed E-state index contributed by atoms with van der Waals surface area (Å²) in [5.41, 5.74) is 0. The van der Waals surface area contributed by atoms with Crippen LogP contribution in [0.4, 0.5) is 0 Å². The first kappa shape index (κ1) is 10.2. The summed E-state index contributed by atoms with van der Waals surface area (Å²) in [6, 6.07) is 1.20. The average Bonchev–Trinajstić information content (AvgIpc) is 2.14. The number of rotatable bonds is 5. The van der Waals surface area contributed by atoms with Crippen LogP contribution in [0.1, 0.15) is 6.42 Å². The van der Waals surface area contributed by atoms with Gasteiger partial charge in [0.1, 0.15) is 0 Å². The quantitative estimate of drug-likeness (QED) is 0.459. The smallest absolute Gasteiger partial charge is 0.229 e. The number of hydrogen-bond donors (Lipinski definition) is 0. The van der Waals surface area contributed by atoms with Crippen molar-refractivity contribution in [3.63, 3.8) is 0 Å². The molecule has 0 aromatic rings. The zero-order chi connectivity index (χ0) is 8.65. The SMILES string of the molecule is CO[Si]CCCN1CCOCC1. The van der Waals surface area contributed by atoms with Crippen molar-refractivity contribution in [3.05, 3.63) is 0 Å². The fraction of sp³-hybridized carbons (Fsp3) is 1.00. The summed E-state index contributed by atoms with van der Waals surface area (Å²) >= 11 is 0. The lowest BCUT2D eigenvalue weighted by Gasteiger charge is -2.26. The zero-order valence-electron chi connectivity index (χ0n) is 7.71. The van der Waals surface area contributed by atoms with E-state index in [1.165, 1.54) is 19.0 Å². The lowest BCUT2D eigenvalue weighted by molar-refractivity contribution is 0.0379. The Morgan fingerprint density at radius 2 is 2.17 bits per heavy atom. The van der Waals surface area contributed by atoms with E-state index in [1.807, 2.05) is 0 Å². The summed E-state index contributed by atoms with van der Waals surface area (Å²) in [5, 5.41) is 0. The van der Waals surface area contributed by atoms with Crippen LogP contribution in [0.3, 0.4) is 0 Å². The second kappa shape index (κ2) is 6.60. The molecule has 4 heteroatoms. The van der Waals surface area contributed by atoms with Crippen molar-refractivity contribution < 1.29 is 9.16 Å². The number of hydrogen-bond acceptors (Lipinski definition) is 3. The first-order valence-corrected chi connectivity index (χ1v) is 5.61. The second-order valence-electron chi connectivity index (χ2n) is 2.91. The Morgan fingerprint density at radius 3 is 2.83 bits per heavy atom. The number of morpholine rings is 1. The van der Waals surface area contributed by atoms with Crippen molar-refractivity contribution in [2.24, 2.45) is 0 Å². The molecule has 1 aliphatic rings. The minimum atomic E-state index is 0.678. The molecule has 0 atom stereocenters. The fourth-order valence-corrected chi connectivity index (χ4v) is 1.81. The molecule has 0 saturated carbocycles. The molecule has 1 heterocycles. The molecule has 0 bridgehead atoms. The van der Waals surface area contributed by atoms with Crippen LogP contribution in [0.25, 0.3) is 0 Å². The van der Waals surface area contributed by atoms with Crippen LogP contribution < -0.4 is 0 Å². The highest BCUT2D eigenvalue weighted by Crippen LogP contribution is 1.99. The molecule has 3 nitrogen and oxygen atoms in total. The third-order valence-corrected chi connectivity index (χ3v) is 2.85. The van der Waals surface area contributed by atoms with Gasteiger partial charge in [0.25, 0.3) is 0 Å². The second-order valence-corrected chi connectivity index (χ2v) is 4.10. The molecule has 70 valence electrons. The summed E-state index contributed by atoms with van der Waals surface area (Å²) in [7, 11) is 2.45. The molecular weight excluding hydrogens is 170 g/mol. The molecule has 0 aromatic carbocycles. The lowest BCUT2D eigenvalue weighted by atomic mass is 10.3. The lowest BCUT2D eigenvalue weighted by Crippen LogP contribution is -2.36. The van der Waals surface area contributed by atoms with Gasteiger partial charge >= 0.3 is 0 Å². The van der Waals surface area contributed by atoms with Crippen molar-refractivity contribution in [2.45, 2.75) is 12.5 Å².